The van der Waals surface area contributed by atoms with Crippen molar-refractivity contribution in [3.05, 3.63) is 53.6 Å². The van der Waals surface area contributed by atoms with E-state index in [9.17, 15) is 4.79 Å². The summed E-state index contributed by atoms with van der Waals surface area (Å²) in [5.41, 5.74) is 0.668. The average molecular weight is 302 g/mol. The van der Waals surface area contributed by atoms with Gasteiger partial charge in [-0.3, -0.25) is 4.79 Å². The zero-order valence-corrected chi connectivity index (χ0v) is 12.4. The van der Waals surface area contributed by atoms with E-state index in [1.807, 2.05) is 36.4 Å². The van der Waals surface area contributed by atoms with Crippen molar-refractivity contribution in [3.8, 4) is 11.5 Å². The van der Waals surface area contributed by atoms with E-state index < -0.39 is 0 Å². The predicted octanol–water partition coefficient (Wildman–Crippen LogP) is 4.73. The molecule has 1 amide bonds. The fourth-order valence-electron chi connectivity index (χ4n) is 2.22. The van der Waals surface area contributed by atoms with Crippen LogP contribution in [0.1, 0.15) is 13.3 Å². The maximum absolute atomic E-state index is 12.1. The van der Waals surface area contributed by atoms with Gasteiger partial charge < -0.3 is 10.1 Å². The quantitative estimate of drug-likeness (QED) is 0.887. The molecule has 3 nitrogen and oxygen atoms in total. The van der Waals surface area contributed by atoms with Gasteiger partial charge in [-0.1, -0.05) is 42.8 Å². The Morgan fingerprint density at radius 2 is 1.76 bits per heavy atom. The molecule has 0 spiro atoms. The summed E-state index contributed by atoms with van der Waals surface area (Å²) in [7, 11) is 0. The van der Waals surface area contributed by atoms with Crippen LogP contribution in [0.25, 0.3) is 0 Å². The monoisotopic (exact) mass is 301 g/mol. The van der Waals surface area contributed by atoms with Crippen LogP contribution in [-0.4, -0.2) is 5.91 Å². The van der Waals surface area contributed by atoms with Gasteiger partial charge in [0.25, 0.3) is 0 Å². The molecule has 1 aliphatic carbocycles. The molecule has 2 atom stereocenters. The lowest BCUT2D eigenvalue weighted by atomic mass is 10.2. The highest BCUT2D eigenvalue weighted by Gasteiger charge is 2.39. The van der Waals surface area contributed by atoms with Crippen LogP contribution in [0.3, 0.4) is 0 Å². The highest BCUT2D eigenvalue weighted by atomic mass is 35.5. The van der Waals surface area contributed by atoms with Crippen LogP contribution in [0, 0.1) is 11.8 Å². The highest BCUT2D eigenvalue weighted by Crippen LogP contribution is 2.40. The molecule has 0 unspecified atom stereocenters. The molecule has 0 aromatic heterocycles. The van der Waals surface area contributed by atoms with Gasteiger partial charge >= 0.3 is 0 Å². The van der Waals surface area contributed by atoms with Crippen LogP contribution in [-0.2, 0) is 4.79 Å². The summed E-state index contributed by atoms with van der Waals surface area (Å²) in [5.74, 6) is 1.81. The number of para-hydroxylation sites is 3. The number of anilines is 1. The van der Waals surface area contributed by atoms with E-state index in [-0.39, 0.29) is 11.8 Å². The minimum absolute atomic E-state index is 0.0534. The number of carbonyl (C=O) groups is 1. The summed E-state index contributed by atoms with van der Waals surface area (Å²) in [6.45, 7) is 2.08. The standard InChI is InChI=1S/C17H16ClNO2/c1-11-10-12(11)17(20)19-14-7-3-5-9-16(14)21-15-8-4-2-6-13(15)18/h2-9,11-12H,10H2,1H3,(H,19,20)/t11-,12-/m1/s1. The number of hydrogen-bond acceptors (Lipinski definition) is 2. The molecule has 1 N–H and O–H groups in total. The largest absolute Gasteiger partial charge is 0.454 e. The van der Waals surface area contributed by atoms with E-state index in [1.165, 1.54) is 0 Å². The van der Waals surface area contributed by atoms with Gasteiger partial charge in [0.15, 0.2) is 5.75 Å². The van der Waals surface area contributed by atoms with Crippen molar-refractivity contribution < 1.29 is 9.53 Å². The van der Waals surface area contributed by atoms with E-state index >= 15 is 0 Å². The van der Waals surface area contributed by atoms with Crippen molar-refractivity contribution >= 4 is 23.2 Å². The van der Waals surface area contributed by atoms with Gasteiger partial charge in [0.05, 0.1) is 10.7 Å². The van der Waals surface area contributed by atoms with Gasteiger partial charge in [-0.2, -0.15) is 0 Å². The molecule has 0 heterocycles. The summed E-state index contributed by atoms with van der Waals surface area (Å²) in [5, 5.41) is 3.47. The number of nitrogens with one attached hydrogen (secondary N) is 1. The molecule has 3 rings (SSSR count). The Bertz CT molecular complexity index is 671. The van der Waals surface area contributed by atoms with Crippen LogP contribution in [0.15, 0.2) is 48.5 Å². The molecule has 0 radical (unpaired) electrons. The molecule has 0 bridgehead atoms. The first-order valence-corrected chi connectivity index (χ1v) is 7.35. The van der Waals surface area contributed by atoms with E-state index in [0.717, 1.165) is 6.42 Å². The Kier molecular flexibility index (Phi) is 3.84. The molecule has 2 aromatic carbocycles. The second kappa shape index (κ2) is 5.78. The number of carbonyl (C=O) groups excluding carboxylic acids is 1. The molecule has 4 heteroatoms. The number of hydrogen-bond donors (Lipinski definition) is 1. The average Bonchev–Trinajstić information content (AvgIpc) is 3.20. The molecule has 0 saturated heterocycles. The Hall–Kier alpha value is -2.00. The summed E-state index contributed by atoms with van der Waals surface area (Å²) in [6, 6.07) is 14.6. The molecule has 0 aliphatic heterocycles. The smallest absolute Gasteiger partial charge is 0.227 e. The molecule has 21 heavy (non-hydrogen) atoms. The summed E-state index contributed by atoms with van der Waals surface area (Å²) in [6.07, 6.45) is 0.958. The summed E-state index contributed by atoms with van der Waals surface area (Å²) < 4.78 is 5.82. The molecule has 108 valence electrons. The number of amides is 1. The van der Waals surface area contributed by atoms with Crippen LogP contribution >= 0.6 is 11.6 Å². The van der Waals surface area contributed by atoms with Gasteiger partial charge in [-0.05, 0) is 36.6 Å². The van der Waals surface area contributed by atoms with Gasteiger partial charge in [0.1, 0.15) is 5.75 Å². The van der Waals surface area contributed by atoms with Gasteiger partial charge in [0.2, 0.25) is 5.91 Å². The maximum Gasteiger partial charge on any atom is 0.227 e. The molecular weight excluding hydrogens is 286 g/mol. The number of benzene rings is 2. The molecule has 1 saturated carbocycles. The van der Waals surface area contributed by atoms with E-state index in [0.29, 0.717) is 28.1 Å². The molecular formula is C17H16ClNO2. The lowest BCUT2D eigenvalue weighted by Gasteiger charge is -2.13. The zero-order chi connectivity index (χ0) is 14.8. The minimum Gasteiger partial charge on any atom is -0.454 e. The van der Waals surface area contributed by atoms with Crippen molar-refractivity contribution in [2.24, 2.45) is 11.8 Å². The van der Waals surface area contributed by atoms with Crippen molar-refractivity contribution in [2.75, 3.05) is 5.32 Å². The zero-order valence-electron chi connectivity index (χ0n) is 11.7. The van der Waals surface area contributed by atoms with E-state index in [2.05, 4.69) is 12.2 Å². The fourth-order valence-corrected chi connectivity index (χ4v) is 2.39. The first kappa shape index (κ1) is 14.0. The number of ether oxygens (including phenoxy) is 1. The van der Waals surface area contributed by atoms with Gasteiger partial charge in [-0.15, -0.1) is 0 Å². The molecule has 1 fully saturated rings. The second-order valence-corrected chi connectivity index (χ2v) is 5.74. The van der Waals surface area contributed by atoms with Gasteiger partial charge in [-0.25, -0.2) is 0 Å². The van der Waals surface area contributed by atoms with Crippen molar-refractivity contribution in [1.82, 2.24) is 0 Å². The second-order valence-electron chi connectivity index (χ2n) is 5.34. The third-order valence-electron chi connectivity index (χ3n) is 3.65. The van der Waals surface area contributed by atoms with E-state index in [4.69, 9.17) is 16.3 Å². The third kappa shape index (κ3) is 3.19. The predicted molar refractivity (Wildman–Crippen MR) is 83.9 cm³/mol. The highest BCUT2D eigenvalue weighted by molar-refractivity contribution is 6.32. The van der Waals surface area contributed by atoms with Crippen molar-refractivity contribution in [1.29, 1.82) is 0 Å². The topological polar surface area (TPSA) is 38.3 Å². The fraction of sp³-hybridized carbons (Fsp3) is 0.235. The van der Waals surface area contributed by atoms with Gasteiger partial charge in [0, 0.05) is 5.92 Å². The number of halogens is 1. The first-order chi connectivity index (χ1) is 10.1. The van der Waals surface area contributed by atoms with Crippen LogP contribution in [0.2, 0.25) is 5.02 Å². The van der Waals surface area contributed by atoms with Crippen molar-refractivity contribution in [2.45, 2.75) is 13.3 Å². The molecule has 1 aliphatic rings. The van der Waals surface area contributed by atoms with Crippen LogP contribution in [0.4, 0.5) is 5.69 Å². The minimum atomic E-state index is 0.0534. The Morgan fingerprint density at radius 3 is 2.43 bits per heavy atom. The van der Waals surface area contributed by atoms with E-state index in [1.54, 1.807) is 12.1 Å². The summed E-state index contributed by atoms with van der Waals surface area (Å²) in [4.78, 5) is 12.1. The normalized spacial score (nSPS) is 19.9. The van der Waals surface area contributed by atoms with Crippen molar-refractivity contribution in [3.63, 3.8) is 0 Å². The Morgan fingerprint density at radius 1 is 1.14 bits per heavy atom. The Balaban J connectivity index is 1.79. The SMILES string of the molecule is C[C@@H]1C[C@H]1C(=O)Nc1ccccc1Oc1ccccc1Cl. The lowest BCUT2D eigenvalue weighted by Crippen LogP contribution is -2.14. The molecule has 2 aromatic rings. The maximum atomic E-state index is 12.1. The lowest BCUT2D eigenvalue weighted by molar-refractivity contribution is -0.117. The summed E-state index contributed by atoms with van der Waals surface area (Å²) >= 11 is 6.10. The van der Waals surface area contributed by atoms with Crippen LogP contribution in [0.5, 0.6) is 11.5 Å². The Labute approximate surface area is 128 Å². The first-order valence-electron chi connectivity index (χ1n) is 6.97. The number of rotatable bonds is 4. The van der Waals surface area contributed by atoms with Crippen LogP contribution < -0.4 is 10.1 Å². The third-order valence-corrected chi connectivity index (χ3v) is 3.96.